The number of rotatable bonds is 64. The van der Waals surface area contributed by atoms with E-state index in [0.717, 1.165) is 89.9 Å². The molecule has 0 radical (unpaired) electrons. The van der Waals surface area contributed by atoms with E-state index in [1.807, 2.05) is 0 Å². The lowest BCUT2D eigenvalue weighted by molar-refractivity contribution is -0.167. The number of hydrogen-bond donors (Lipinski definition) is 0. The van der Waals surface area contributed by atoms with Crippen molar-refractivity contribution in [2.75, 3.05) is 13.2 Å². The molecule has 0 saturated carbocycles. The predicted molar refractivity (Wildman–Crippen MR) is 348 cm³/mol. The second-order valence-corrected chi connectivity index (χ2v) is 23.4. The summed E-state index contributed by atoms with van der Waals surface area (Å²) in [5, 5.41) is 0. The summed E-state index contributed by atoms with van der Waals surface area (Å²) >= 11 is 0. The Balaban J connectivity index is 3.95. The van der Waals surface area contributed by atoms with Crippen LogP contribution in [0.3, 0.4) is 0 Å². The predicted octanol–water partition coefficient (Wildman–Crippen LogP) is 24.1. The molecule has 0 amide bonds. The zero-order valence-electron chi connectivity index (χ0n) is 53.3. The van der Waals surface area contributed by atoms with Gasteiger partial charge in [0.2, 0.25) is 0 Å². The van der Waals surface area contributed by atoms with Crippen LogP contribution in [-0.2, 0) is 28.6 Å². The number of ether oxygens (including phenoxy) is 3. The molecule has 6 heteroatoms. The molecule has 0 aromatic rings. The van der Waals surface area contributed by atoms with Crippen molar-refractivity contribution in [1.29, 1.82) is 0 Å². The van der Waals surface area contributed by atoms with E-state index in [4.69, 9.17) is 14.2 Å². The van der Waals surface area contributed by atoms with Crippen LogP contribution < -0.4 is 0 Å². The zero-order chi connectivity index (χ0) is 57.8. The van der Waals surface area contributed by atoms with E-state index in [-0.39, 0.29) is 31.1 Å². The van der Waals surface area contributed by atoms with Crippen molar-refractivity contribution in [2.24, 2.45) is 0 Å². The van der Waals surface area contributed by atoms with Crippen molar-refractivity contribution in [3.8, 4) is 0 Å². The molecule has 0 aliphatic rings. The molecule has 0 saturated heterocycles. The first-order valence-electron chi connectivity index (χ1n) is 34.9. The second-order valence-electron chi connectivity index (χ2n) is 23.4. The van der Waals surface area contributed by atoms with Crippen molar-refractivity contribution in [3.05, 3.63) is 72.9 Å². The van der Waals surface area contributed by atoms with Crippen molar-refractivity contribution in [1.82, 2.24) is 0 Å². The van der Waals surface area contributed by atoms with Crippen LogP contribution in [0.15, 0.2) is 72.9 Å². The molecule has 80 heavy (non-hydrogen) atoms. The zero-order valence-corrected chi connectivity index (χ0v) is 53.3. The maximum absolute atomic E-state index is 12.9. The van der Waals surface area contributed by atoms with Crippen LogP contribution in [0.4, 0.5) is 0 Å². The summed E-state index contributed by atoms with van der Waals surface area (Å²) in [6.45, 7) is 6.51. The Morgan fingerprint density at radius 2 is 0.487 bits per heavy atom. The summed E-state index contributed by atoms with van der Waals surface area (Å²) in [5.74, 6) is -0.863. The standard InChI is InChI=1S/C74H132O6/c1-4-7-10-13-16-18-20-22-24-26-28-30-31-32-33-34-35-36-37-38-39-40-41-42-43-45-46-48-50-52-54-56-58-61-64-67-73(76)79-70-71(69-78-72(75)66-63-60-15-12-9-6-3)80-74(77)68-65-62-59-57-55-53-51-49-47-44-29-27-25-23-21-19-17-14-11-8-5-2/h7,10,16,18,22,24,27-30,32-33,71H,4-6,8-9,11-15,17,19-21,23,25-26,31,34-70H2,1-3H3/b10-7-,18-16-,24-22-,29-27-,30-28-,33-32-. The third kappa shape index (κ3) is 65.7. The fraction of sp³-hybridized carbons (Fsp3) is 0.797. The van der Waals surface area contributed by atoms with Gasteiger partial charge in [-0.3, -0.25) is 14.4 Å². The SMILES string of the molecule is CC/C=C\C/C=C\C/C=C\C/C=C\C/C=C\CCCCCCCCCCCCCCCCCCCCCC(=O)OCC(COC(=O)CCCCCCCC)OC(=O)CCCCCCCCCCC/C=C\CCCCCCCCCC. The Morgan fingerprint density at radius 3 is 0.775 bits per heavy atom. The number of hydrogen-bond acceptors (Lipinski definition) is 6. The monoisotopic (exact) mass is 1120 g/mol. The van der Waals surface area contributed by atoms with Crippen LogP contribution in [-0.4, -0.2) is 37.2 Å². The van der Waals surface area contributed by atoms with Gasteiger partial charge >= 0.3 is 17.9 Å². The van der Waals surface area contributed by atoms with E-state index < -0.39 is 6.10 Å². The van der Waals surface area contributed by atoms with E-state index >= 15 is 0 Å². The molecule has 0 rings (SSSR count). The molecular weight excluding hydrogens is 985 g/mol. The van der Waals surface area contributed by atoms with Gasteiger partial charge in [0.25, 0.3) is 0 Å². The molecule has 464 valence electrons. The molecule has 0 N–H and O–H groups in total. The Labute approximate surface area is 497 Å². The van der Waals surface area contributed by atoms with Gasteiger partial charge in [-0.15, -0.1) is 0 Å². The van der Waals surface area contributed by atoms with Gasteiger partial charge in [0.15, 0.2) is 6.10 Å². The van der Waals surface area contributed by atoms with E-state index in [1.54, 1.807) is 0 Å². The molecule has 0 aromatic carbocycles. The highest BCUT2D eigenvalue weighted by molar-refractivity contribution is 5.71. The summed E-state index contributed by atoms with van der Waals surface area (Å²) < 4.78 is 16.8. The third-order valence-corrected chi connectivity index (χ3v) is 15.4. The number of carbonyl (C=O) groups is 3. The highest BCUT2D eigenvalue weighted by atomic mass is 16.6. The van der Waals surface area contributed by atoms with Gasteiger partial charge < -0.3 is 14.2 Å². The first-order valence-corrected chi connectivity index (χ1v) is 34.9. The van der Waals surface area contributed by atoms with E-state index in [0.29, 0.717) is 19.3 Å². The number of carbonyl (C=O) groups excluding carboxylic acids is 3. The minimum Gasteiger partial charge on any atom is -0.462 e. The van der Waals surface area contributed by atoms with Crippen molar-refractivity contribution >= 4 is 17.9 Å². The molecule has 0 aromatic heterocycles. The molecule has 0 aliphatic heterocycles. The largest absolute Gasteiger partial charge is 0.462 e. The molecule has 6 nitrogen and oxygen atoms in total. The lowest BCUT2D eigenvalue weighted by Crippen LogP contribution is -2.30. The molecule has 0 bridgehead atoms. The smallest absolute Gasteiger partial charge is 0.306 e. The normalized spacial score (nSPS) is 12.5. The fourth-order valence-corrected chi connectivity index (χ4v) is 10.2. The maximum Gasteiger partial charge on any atom is 0.306 e. The van der Waals surface area contributed by atoms with Crippen LogP contribution in [0.1, 0.15) is 361 Å². The summed E-state index contributed by atoms with van der Waals surface area (Å²) in [6.07, 6.45) is 89.8. The summed E-state index contributed by atoms with van der Waals surface area (Å²) in [7, 11) is 0. The second kappa shape index (κ2) is 68.3. The Bertz CT molecular complexity index is 1470. The highest BCUT2D eigenvalue weighted by Gasteiger charge is 2.19. The minimum absolute atomic E-state index is 0.0707. The molecule has 1 atom stereocenters. The maximum atomic E-state index is 12.9. The molecule has 0 spiro atoms. The van der Waals surface area contributed by atoms with Gasteiger partial charge in [0.1, 0.15) is 13.2 Å². The van der Waals surface area contributed by atoms with Crippen molar-refractivity contribution < 1.29 is 28.6 Å². The average Bonchev–Trinajstić information content (AvgIpc) is 3.46. The van der Waals surface area contributed by atoms with Crippen LogP contribution in [0.5, 0.6) is 0 Å². The van der Waals surface area contributed by atoms with Crippen LogP contribution in [0.2, 0.25) is 0 Å². The number of unbranched alkanes of at least 4 members (excludes halogenated alkanes) is 41. The number of esters is 3. The average molecular weight is 1120 g/mol. The minimum atomic E-state index is -0.770. The van der Waals surface area contributed by atoms with Gasteiger partial charge in [0.05, 0.1) is 0 Å². The van der Waals surface area contributed by atoms with Gasteiger partial charge in [-0.2, -0.15) is 0 Å². The number of allylic oxidation sites excluding steroid dienone is 12. The summed E-state index contributed by atoms with van der Waals surface area (Å²) in [4.78, 5) is 38.1. The topological polar surface area (TPSA) is 78.9 Å². The molecule has 0 aliphatic carbocycles. The van der Waals surface area contributed by atoms with Gasteiger partial charge in [-0.1, -0.05) is 325 Å². The van der Waals surface area contributed by atoms with Gasteiger partial charge in [-0.05, 0) is 89.9 Å². The van der Waals surface area contributed by atoms with Crippen LogP contribution in [0, 0.1) is 0 Å². The Hall–Kier alpha value is -3.15. The highest BCUT2D eigenvalue weighted by Crippen LogP contribution is 2.18. The van der Waals surface area contributed by atoms with Crippen molar-refractivity contribution in [2.45, 2.75) is 367 Å². The van der Waals surface area contributed by atoms with E-state index in [2.05, 4.69) is 93.7 Å². The van der Waals surface area contributed by atoms with E-state index in [1.165, 1.54) is 231 Å². The third-order valence-electron chi connectivity index (χ3n) is 15.4. The summed E-state index contributed by atoms with van der Waals surface area (Å²) in [5.41, 5.74) is 0. The van der Waals surface area contributed by atoms with Crippen LogP contribution in [0.25, 0.3) is 0 Å². The summed E-state index contributed by atoms with van der Waals surface area (Å²) in [6, 6.07) is 0. The Kier molecular flexibility index (Phi) is 65.7. The van der Waals surface area contributed by atoms with Gasteiger partial charge in [-0.25, -0.2) is 0 Å². The van der Waals surface area contributed by atoms with Crippen molar-refractivity contribution in [3.63, 3.8) is 0 Å². The first-order chi connectivity index (χ1) is 39.5. The fourth-order valence-electron chi connectivity index (χ4n) is 10.2. The first kappa shape index (κ1) is 76.9. The van der Waals surface area contributed by atoms with E-state index in [9.17, 15) is 14.4 Å². The Morgan fingerprint density at radius 1 is 0.263 bits per heavy atom. The quantitative estimate of drug-likeness (QED) is 0.0261. The van der Waals surface area contributed by atoms with Gasteiger partial charge in [0, 0.05) is 19.3 Å². The van der Waals surface area contributed by atoms with Crippen LogP contribution >= 0.6 is 0 Å². The lowest BCUT2D eigenvalue weighted by atomic mass is 10.0. The molecule has 1 unspecified atom stereocenters. The molecule has 0 heterocycles. The molecular formula is C74H132O6. The molecule has 0 fully saturated rings. The lowest BCUT2D eigenvalue weighted by Gasteiger charge is -2.18.